The van der Waals surface area contributed by atoms with Gasteiger partial charge in [-0.2, -0.15) is 0 Å². The molecule has 0 radical (unpaired) electrons. The zero-order chi connectivity index (χ0) is 28.5. The number of amides is 4. The van der Waals surface area contributed by atoms with Gasteiger partial charge in [-0.1, -0.05) is 58.0 Å². The second kappa shape index (κ2) is 13.5. The molecular formula is C26H34N6O7. The number of carbonyl (C=O) groups is 5. The van der Waals surface area contributed by atoms with Crippen LogP contribution in [0.25, 0.3) is 0 Å². The maximum Gasteiger partial charge on any atom is 0.408 e. The van der Waals surface area contributed by atoms with Crippen molar-refractivity contribution in [1.82, 2.24) is 31.6 Å². The highest BCUT2D eigenvalue weighted by Gasteiger charge is 2.35. The number of Topliss-reactive ketones (excluding diaryl/α,β-unsaturated/α-hetero) is 1. The monoisotopic (exact) mass is 542 g/mol. The third-order valence-corrected chi connectivity index (χ3v) is 6.25. The van der Waals surface area contributed by atoms with Crippen LogP contribution in [-0.4, -0.2) is 58.1 Å². The summed E-state index contributed by atoms with van der Waals surface area (Å²) in [6.45, 7) is 6.94. The van der Waals surface area contributed by atoms with E-state index in [1.165, 1.54) is 0 Å². The number of nitrogens with zero attached hydrogens (tertiary/aromatic N) is 2. The van der Waals surface area contributed by atoms with Crippen molar-refractivity contribution < 1.29 is 33.2 Å². The Labute approximate surface area is 225 Å². The van der Waals surface area contributed by atoms with Gasteiger partial charge in [-0.15, -0.1) is 5.10 Å². The number of rotatable bonds is 9. The van der Waals surface area contributed by atoms with Crippen molar-refractivity contribution in [3.8, 4) is 0 Å². The van der Waals surface area contributed by atoms with E-state index < -0.39 is 47.7 Å². The van der Waals surface area contributed by atoms with E-state index in [1.807, 2.05) is 18.2 Å². The molecule has 3 rings (SSSR count). The molecule has 2 heterocycles. The zero-order valence-corrected chi connectivity index (χ0v) is 22.4. The molecule has 0 aliphatic carbocycles. The highest BCUT2D eigenvalue weighted by molar-refractivity contribution is 6.38. The van der Waals surface area contributed by atoms with Crippen LogP contribution in [-0.2, 0) is 43.5 Å². The van der Waals surface area contributed by atoms with Crippen molar-refractivity contribution >= 4 is 29.6 Å². The van der Waals surface area contributed by atoms with Crippen LogP contribution in [0, 0.1) is 11.8 Å². The lowest BCUT2D eigenvalue weighted by atomic mass is 9.98. The van der Waals surface area contributed by atoms with E-state index in [0.717, 1.165) is 5.56 Å². The molecule has 4 amide bonds. The van der Waals surface area contributed by atoms with Gasteiger partial charge < -0.3 is 30.5 Å². The van der Waals surface area contributed by atoms with Gasteiger partial charge in [0, 0.05) is 11.7 Å². The standard InChI is InChI=1S/C26H34N6O7/c1-14(2)20(23(34)28-17-10-11-19-18(31-32-39-19)12-27-25(36)22(17)33)29-24(35)21(15(3)4)30-26(37)38-13-16-8-6-5-7-9-16/h5-9,14-15,17,20-21H,10-13H2,1-4H3,(H,27,36)(H,28,34)(H,29,35)(H,30,37). The number of hydrogen-bond acceptors (Lipinski definition) is 9. The lowest BCUT2D eigenvalue weighted by Crippen LogP contribution is -2.59. The van der Waals surface area contributed by atoms with Gasteiger partial charge in [0.25, 0.3) is 5.91 Å². The van der Waals surface area contributed by atoms with Crippen molar-refractivity contribution in [2.75, 3.05) is 0 Å². The van der Waals surface area contributed by atoms with Crippen LogP contribution in [0.15, 0.2) is 34.9 Å². The molecule has 3 atom stereocenters. The van der Waals surface area contributed by atoms with Crippen LogP contribution in [0.3, 0.4) is 0 Å². The van der Waals surface area contributed by atoms with E-state index in [0.29, 0.717) is 11.5 Å². The average Bonchev–Trinajstić information content (AvgIpc) is 3.37. The fourth-order valence-corrected chi connectivity index (χ4v) is 3.97. The topological polar surface area (TPSA) is 182 Å². The number of hydrogen-bond donors (Lipinski definition) is 4. The van der Waals surface area contributed by atoms with Crippen molar-refractivity contribution in [3.63, 3.8) is 0 Å². The van der Waals surface area contributed by atoms with E-state index in [2.05, 4.69) is 31.6 Å². The first kappa shape index (κ1) is 29.3. The Morgan fingerprint density at radius 2 is 1.69 bits per heavy atom. The second-order valence-electron chi connectivity index (χ2n) is 9.95. The maximum atomic E-state index is 13.2. The molecule has 39 heavy (non-hydrogen) atoms. The minimum absolute atomic E-state index is 0.0217. The molecule has 2 aromatic rings. The number of ether oxygens (including phenoxy) is 1. The van der Waals surface area contributed by atoms with Gasteiger partial charge in [-0.25, -0.2) is 4.79 Å². The van der Waals surface area contributed by atoms with Gasteiger partial charge in [0.05, 0.1) is 12.6 Å². The number of benzene rings is 1. The van der Waals surface area contributed by atoms with Gasteiger partial charge >= 0.3 is 6.09 Å². The minimum atomic E-state index is -1.15. The summed E-state index contributed by atoms with van der Waals surface area (Å²) in [5, 5.41) is 17.5. The summed E-state index contributed by atoms with van der Waals surface area (Å²) in [4.78, 5) is 63.8. The molecule has 13 heteroatoms. The number of aryl methyl sites for hydroxylation is 1. The van der Waals surface area contributed by atoms with E-state index in [1.54, 1.807) is 39.8 Å². The van der Waals surface area contributed by atoms with E-state index in [4.69, 9.17) is 9.26 Å². The second-order valence-corrected chi connectivity index (χ2v) is 9.95. The van der Waals surface area contributed by atoms with Crippen LogP contribution >= 0.6 is 0 Å². The summed E-state index contributed by atoms with van der Waals surface area (Å²) in [6, 6.07) is 5.90. The normalized spacial score (nSPS) is 17.1. The van der Waals surface area contributed by atoms with Crippen molar-refractivity contribution in [3.05, 3.63) is 47.3 Å². The number of carbonyl (C=O) groups excluding carboxylic acids is 5. The Kier molecular flexibility index (Phi) is 10.1. The molecule has 1 aromatic carbocycles. The first-order chi connectivity index (χ1) is 18.6. The first-order valence-corrected chi connectivity index (χ1v) is 12.8. The Bertz CT molecular complexity index is 1180. The lowest BCUT2D eigenvalue weighted by Gasteiger charge is -2.28. The van der Waals surface area contributed by atoms with Gasteiger partial charge in [0.2, 0.25) is 17.6 Å². The number of ketones is 1. The van der Waals surface area contributed by atoms with Crippen LogP contribution in [0.5, 0.6) is 0 Å². The summed E-state index contributed by atoms with van der Waals surface area (Å²) in [7, 11) is 0. The average molecular weight is 543 g/mol. The molecule has 3 unspecified atom stereocenters. The predicted octanol–water partition coefficient (Wildman–Crippen LogP) is 0.778. The smallest absolute Gasteiger partial charge is 0.408 e. The van der Waals surface area contributed by atoms with Gasteiger partial charge in [-0.3, -0.25) is 19.2 Å². The van der Waals surface area contributed by atoms with Gasteiger partial charge in [0.15, 0.2) is 5.76 Å². The Hall–Kier alpha value is -4.29. The quantitative estimate of drug-likeness (QED) is 0.333. The molecule has 1 aliphatic heterocycles. The molecule has 0 fully saturated rings. The molecular weight excluding hydrogens is 508 g/mol. The number of aromatic nitrogens is 2. The molecule has 210 valence electrons. The highest BCUT2D eigenvalue weighted by Crippen LogP contribution is 2.13. The van der Waals surface area contributed by atoms with Crippen LogP contribution in [0.4, 0.5) is 4.79 Å². The fourth-order valence-electron chi connectivity index (χ4n) is 3.97. The van der Waals surface area contributed by atoms with E-state index in [-0.39, 0.29) is 37.8 Å². The zero-order valence-electron chi connectivity index (χ0n) is 22.4. The summed E-state index contributed by atoms with van der Waals surface area (Å²) >= 11 is 0. The van der Waals surface area contributed by atoms with E-state index in [9.17, 15) is 24.0 Å². The lowest BCUT2D eigenvalue weighted by molar-refractivity contribution is -0.140. The van der Waals surface area contributed by atoms with Crippen molar-refractivity contribution in [2.24, 2.45) is 11.8 Å². The Morgan fingerprint density at radius 3 is 2.36 bits per heavy atom. The first-order valence-electron chi connectivity index (χ1n) is 12.8. The van der Waals surface area contributed by atoms with Crippen LogP contribution in [0.2, 0.25) is 0 Å². The number of alkyl carbamates (subject to hydrolysis) is 1. The Balaban J connectivity index is 1.64. The molecule has 4 N–H and O–H groups in total. The SMILES string of the molecule is CC(C)C(NC(=O)OCc1ccccc1)C(=O)NC(C(=O)NC1CCc2onnc2CNC(=O)C1=O)C(C)C. The third-order valence-electron chi connectivity index (χ3n) is 6.25. The van der Waals surface area contributed by atoms with Crippen molar-refractivity contribution in [2.45, 2.75) is 71.8 Å². The molecule has 1 aromatic heterocycles. The van der Waals surface area contributed by atoms with Gasteiger partial charge in [-0.05, 0) is 23.8 Å². The summed E-state index contributed by atoms with van der Waals surface area (Å²) in [5.41, 5.74) is 1.20. The summed E-state index contributed by atoms with van der Waals surface area (Å²) < 4.78 is 10.3. The molecule has 1 aliphatic rings. The molecule has 13 nitrogen and oxygen atoms in total. The highest BCUT2D eigenvalue weighted by atomic mass is 16.5. The third kappa shape index (κ3) is 8.09. The molecule has 0 spiro atoms. The molecule has 0 saturated heterocycles. The predicted molar refractivity (Wildman–Crippen MR) is 137 cm³/mol. The van der Waals surface area contributed by atoms with Gasteiger partial charge in [0.1, 0.15) is 24.4 Å². The summed E-state index contributed by atoms with van der Waals surface area (Å²) in [5.74, 6) is -3.23. The molecule has 0 bridgehead atoms. The number of nitrogens with one attached hydrogen (secondary N) is 4. The van der Waals surface area contributed by atoms with Crippen molar-refractivity contribution in [1.29, 1.82) is 0 Å². The molecule has 0 saturated carbocycles. The summed E-state index contributed by atoms with van der Waals surface area (Å²) in [6.07, 6.45) is -0.483. The maximum absolute atomic E-state index is 13.2. The Morgan fingerprint density at radius 1 is 1.03 bits per heavy atom. The largest absolute Gasteiger partial charge is 0.445 e. The number of fused-ring (bicyclic) bond motifs is 1. The van der Waals surface area contributed by atoms with Crippen LogP contribution in [0.1, 0.15) is 51.1 Å². The van der Waals surface area contributed by atoms with E-state index >= 15 is 0 Å². The fraction of sp³-hybridized carbons (Fsp3) is 0.500. The van der Waals surface area contributed by atoms with Crippen LogP contribution < -0.4 is 21.3 Å². The minimum Gasteiger partial charge on any atom is -0.445 e.